The van der Waals surface area contributed by atoms with Crippen LogP contribution in [-0.2, 0) is 26.0 Å². The molecule has 7 nitrogen and oxygen atoms in total. The number of carbonyl (C=O) groups excluding carboxylic acids is 2. The van der Waals surface area contributed by atoms with Crippen LogP contribution in [0.3, 0.4) is 0 Å². The van der Waals surface area contributed by atoms with Crippen molar-refractivity contribution in [2.24, 2.45) is 5.92 Å². The van der Waals surface area contributed by atoms with Crippen LogP contribution in [0.25, 0.3) is 0 Å². The molecule has 2 aromatic rings. The first-order valence-electron chi connectivity index (χ1n) is 10.9. The summed E-state index contributed by atoms with van der Waals surface area (Å²) in [6.07, 6.45) is 2.22. The molecule has 1 fully saturated rings. The van der Waals surface area contributed by atoms with Crippen LogP contribution in [0, 0.1) is 5.92 Å². The van der Waals surface area contributed by atoms with E-state index in [4.69, 9.17) is 11.6 Å². The molecule has 0 bridgehead atoms. The standard InChI is InChI=1S/C23H25BrClN3O4S/c1-2-22(29)28-10-8-15-11-19(24)21(13-20(15)28)33(31,32)27-9-4-5-16(14-27)23(30)26-18-7-3-6-17(25)12-18/h3,6-7,11-13,16H,2,4-5,8-10,14H2,1H3,(H,26,30). The third-order valence-electron chi connectivity index (χ3n) is 6.10. The predicted octanol–water partition coefficient (Wildman–Crippen LogP) is 4.44. The molecule has 2 heterocycles. The molecule has 0 aliphatic carbocycles. The number of carbonyl (C=O) groups is 2. The van der Waals surface area contributed by atoms with E-state index in [1.54, 1.807) is 48.2 Å². The number of sulfonamides is 1. The molecule has 2 aliphatic heterocycles. The molecule has 176 valence electrons. The maximum absolute atomic E-state index is 13.6. The maximum Gasteiger partial charge on any atom is 0.244 e. The van der Waals surface area contributed by atoms with Gasteiger partial charge in [0.1, 0.15) is 0 Å². The fourth-order valence-electron chi connectivity index (χ4n) is 4.36. The lowest BCUT2D eigenvalue weighted by atomic mass is 9.99. The number of piperidine rings is 1. The second-order valence-corrected chi connectivity index (χ2v) is 11.5. The quantitative estimate of drug-likeness (QED) is 0.592. The van der Waals surface area contributed by atoms with Crippen LogP contribution < -0.4 is 10.2 Å². The van der Waals surface area contributed by atoms with Crippen molar-refractivity contribution in [3.05, 3.63) is 51.5 Å². The maximum atomic E-state index is 13.6. The molecule has 2 aliphatic rings. The number of nitrogens with zero attached hydrogens (tertiary/aromatic N) is 2. The van der Waals surface area contributed by atoms with E-state index < -0.39 is 15.9 Å². The molecule has 2 aromatic carbocycles. The van der Waals surface area contributed by atoms with Gasteiger partial charge in [0.05, 0.1) is 10.8 Å². The van der Waals surface area contributed by atoms with Crippen molar-refractivity contribution in [1.82, 2.24) is 4.31 Å². The molecule has 4 rings (SSSR count). The van der Waals surface area contributed by atoms with Gasteiger partial charge in [-0.25, -0.2) is 8.42 Å². The van der Waals surface area contributed by atoms with Crippen LogP contribution in [0.1, 0.15) is 31.7 Å². The Labute approximate surface area is 207 Å². The first-order chi connectivity index (χ1) is 15.7. The number of hydrogen-bond donors (Lipinski definition) is 1. The molecule has 1 atom stereocenters. The molecule has 1 unspecified atom stereocenters. The Balaban J connectivity index is 1.56. The molecule has 2 amide bonds. The number of benzene rings is 2. The minimum Gasteiger partial charge on any atom is -0.326 e. The molecular weight excluding hydrogens is 530 g/mol. The van der Waals surface area contributed by atoms with Crippen LogP contribution in [0.4, 0.5) is 11.4 Å². The normalized spacial score (nSPS) is 18.8. The summed E-state index contributed by atoms with van der Waals surface area (Å²) in [6, 6.07) is 10.2. The Kier molecular flexibility index (Phi) is 7.14. The van der Waals surface area contributed by atoms with Crippen molar-refractivity contribution in [2.45, 2.75) is 37.5 Å². The predicted molar refractivity (Wildman–Crippen MR) is 132 cm³/mol. The summed E-state index contributed by atoms with van der Waals surface area (Å²) < 4.78 is 29.0. The zero-order chi connectivity index (χ0) is 23.8. The van der Waals surface area contributed by atoms with Gasteiger partial charge in [-0.2, -0.15) is 4.31 Å². The highest BCUT2D eigenvalue weighted by Gasteiger charge is 2.36. The molecule has 0 spiro atoms. The zero-order valence-corrected chi connectivity index (χ0v) is 21.3. The highest BCUT2D eigenvalue weighted by Crippen LogP contribution is 2.37. The molecule has 33 heavy (non-hydrogen) atoms. The lowest BCUT2D eigenvalue weighted by molar-refractivity contribution is -0.121. The lowest BCUT2D eigenvalue weighted by Gasteiger charge is -2.31. The summed E-state index contributed by atoms with van der Waals surface area (Å²) in [5, 5.41) is 3.35. The van der Waals surface area contributed by atoms with Crippen LogP contribution >= 0.6 is 27.5 Å². The fourth-order valence-corrected chi connectivity index (χ4v) is 7.14. The number of rotatable bonds is 5. The van der Waals surface area contributed by atoms with Gasteiger partial charge in [-0.05, 0) is 71.1 Å². The molecule has 10 heteroatoms. The van der Waals surface area contributed by atoms with Gasteiger partial charge in [-0.3, -0.25) is 9.59 Å². The van der Waals surface area contributed by atoms with Gasteiger partial charge in [0.15, 0.2) is 0 Å². The number of fused-ring (bicyclic) bond motifs is 1. The number of anilines is 2. The van der Waals surface area contributed by atoms with Crippen molar-refractivity contribution in [1.29, 1.82) is 0 Å². The van der Waals surface area contributed by atoms with Gasteiger partial charge < -0.3 is 10.2 Å². The molecular formula is C23H25BrClN3O4S. The number of nitrogens with one attached hydrogen (secondary N) is 1. The Morgan fingerprint density at radius 1 is 1.21 bits per heavy atom. The average molecular weight is 555 g/mol. The summed E-state index contributed by atoms with van der Waals surface area (Å²) in [6.45, 7) is 2.77. The van der Waals surface area contributed by atoms with Gasteiger partial charge >= 0.3 is 0 Å². The number of halogens is 2. The van der Waals surface area contributed by atoms with E-state index in [1.807, 2.05) is 0 Å². The smallest absolute Gasteiger partial charge is 0.244 e. The van der Waals surface area contributed by atoms with Crippen molar-refractivity contribution in [3.8, 4) is 0 Å². The van der Waals surface area contributed by atoms with E-state index >= 15 is 0 Å². The third-order valence-corrected chi connectivity index (χ3v) is 9.16. The monoisotopic (exact) mass is 553 g/mol. The molecule has 0 aromatic heterocycles. The van der Waals surface area contributed by atoms with Gasteiger partial charge in [-0.15, -0.1) is 0 Å². The second kappa shape index (κ2) is 9.74. The molecule has 1 N–H and O–H groups in total. The Hall–Kier alpha value is -1.94. The summed E-state index contributed by atoms with van der Waals surface area (Å²) in [5.41, 5.74) is 2.17. The van der Waals surface area contributed by atoms with Crippen molar-refractivity contribution >= 4 is 60.7 Å². The van der Waals surface area contributed by atoms with E-state index in [0.717, 1.165) is 5.56 Å². The summed E-state index contributed by atoms with van der Waals surface area (Å²) in [5.74, 6) is -0.737. The van der Waals surface area contributed by atoms with E-state index in [2.05, 4.69) is 21.2 Å². The first kappa shape index (κ1) is 24.2. The van der Waals surface area contributed by atoms with Gasteiger partial charge in [0.25, 0.3) is 0 Å². The average Bonchev–Trinajstić information content (AvgIpc) is 3.20. The SMILES string of the molecule is CCC(=O)N1CCc2cc(Br)c(S(=O)(=O)N3CCCC(C(=O)Nc4cccc(Cl)c4)C3)cc21. The van der Waals surface area contributed by atoms with Crippen LogP contribution in [0.2, 0.25) is 5.02 Å². The van der Waals surface area contributed by atoms with E-state index in [-0.39, 0.29) is 23.3 Å². The van der Waals surface area contributed by atoms with E-state index in [0.29, 0.717) is 59.6 Å². The molecule has 0 saturated carbocycles. The topological polar surface area (TPSA) is 86.8 Å². The highest BCUT2D eigenvalue weighted by molar-refractivity contribution is 9.10. The number of amides is 2. The van der Waals surface area contributed by atoms with Crippen molar-refractivity contribution in [2.75, 3.05) is 29.9 Å². The third kappa shape index (κ3) is 4.96. The molecule has 0 radical (unpaired) electrons. The Morgan fingerprint density at radius 2 is 2.00 bits per heavy atom. The van der Waals surface area contributed by atoms with Crippen LogP contribution in [0.15, 0.2) is 45.8 Å². The summed E-state index contributed by atoms with van der Waals surface area (Å²) >= 11 is 9.41. The minimum atomic E-state index is -3.87. The van der Waals surface area contributed by atoms with Crippen LogP contribution in [0.5, 0.6) is 0 Å². The van der Waals surface area contributed by atoms with Crippen molar-refractivity contribution in [3.63, 3.8) is 0 Å². The fraction of sp³-hybridized carbons (Fsp3) is 0.391. The van der Waals surface area contributed by atoms with Crippen molar-refractivity contribution < 1.29 is 18.0 Å². The Bertz CT molecular complexity index is 1200. The summed E-state index contributed by atoms with van der Waals surface area (Å²) in [4.78, 5) is 26.9. The molecule has 1 saturated heterocycles. The van der Waals surface area contributed by atoms with Gasteiger partial charge in [0.2, 0.25) is 21.8 Å². The second-order valence-electron chi connectivity index (χ2n) is 8.26. The highest BCUT2D eigenvalue weighted by atomic mass is 79.9. The Morgan fingerprint density at radius 3 is 2.73 bits per heavy atom. The lowest BCUT2D eigenvalue weighted by Crippen LogP contribution is -2.43. The van der Waals surface area contributed by atoms with Gasteiger partial charge in [-0.1, -0.05) is 24.6 Å². The first-order valence-corrected chi connectivity index (χ1v) is 13.5. The number of hydrogen-bond acceptors (Lipinski definition) is 4. The van der Waals surface area contributed by atoms with E-state index in [1.165, 1.54) is 4.31 Å². The zero-order valence-electron chi connectivity index (χ0n) is 18.2. The summed E-state index contributed by atoms with van der Waals surface area (Å²) in [7, 11) is -3.87. The van der Waals surface area contributed by atoms with Gasteiger partial charge in [0, 0.05) is 46.9 Å². The largest absolute Gasteiger partial charge is 0.326 e. The van der Waals surface area contributed by atoms with Crippen LogP contribution in [-0.4, -0.2) is 44.2 Å². The van der Waals surface area contributed by atoms with E-state index in [9.17, 15) is 18.0 Å². The minimum absolute atomic E-state index is 0.0323.